The van der Waals surface area contributed by atoms with Crippen molar-refractivity contribution in [3.8, 4) is 0 Å². The van der Waals surface area contributed by atoms with Crippen molar-refractivity contribution >= 4 is 18.4 Å². The summed E-state index contributed by atoms with van der Waals surface area (Å²) < 4.78 is 47.7. The van der Waals surface area contributed by atoms with Crippen molar-refractivity contribution in [2.75, 3.05) is 13.7 Å². The Morgan fingerprint density at radius 3 is 2.68 bits per heavy atom. The second kappa shape index (κ2) is 6.73. The third-order valence-electron chi connectivity index (χ3n) is 2.90. The van der Waals surface area contributed by atoms with Crippen molar-refractivity contribution in [3.05, 3.63) is 29.3 Å². The Morgan fingerprint density at radius 2 is 2.11 bits per heavy atom. The van der Waals surface area contributed by atoms with Crippen LogP contribution in [-0.4, -0.2) is 26.7 Å². The minimum absolute atomic E-state index is 0. The molecule has 0 amide bonds. The van der Waals surface area contributed by atoms with Crippen LogP contribution in [0.3, 0.4) is 0 Å². The topological polar surface area (TPSA) is 35.5 Å². The molecule has 98 valence electrons. The van der Waals surface area contributed by atoms with Gasteiger partial charge in [-0.15, -0.1) is 5.46 Å². The summed E-state index contributed by atoms with van der Waals surface area (Å²) in [5.41, 5.74) is 0.296. The fourth-order valence-corrected chi connectivity index (χ4v) is 1.98. The minimum atomic E-state index is -5.02. The van der Waals surface area contributed by atoms with Crippen LogP contribution in [0.15, 0.2) is 18.2 Å². The van der Waals surface area contributed by atoms with Gasteiger partial charge in [0.1, 0.15) is 0 Å². The molecule has 8 heteroatoms. The summed E-state index contributed by atoms with van der Waals surface area (Å²) in [4.78, 5) is 11.4. The predicted octanol–water partition coefficient (Wildman–Crippen LogP) is -1.47. The number of halogens is 3. The summed E-state index contributed by atoms with van der Waals surface area (Å²) in [7, 11) is 1.22. The Kier molecular flexibility index (Phi) is 6.09. The average Bonchev–Trinajstić information content (AvgIpc) is 2.35. The van der Waals surface area contributed by atoms with E-state index in [1.807, 2.05) is 0 Å². The van der Waals surface area contributed by atoms with Gasteiger partial charge in [0.2, 0.25) is 0 Å². The summed E-state index contributed by atoms with van der Waals surface area (Å²) in [5, 5.41) is 0. The van der Waals surface area contributed by atoms with Crippen molar-refractivity contribution in [1.29, 1.82) is 0 Å². The van der Waals surface area contributed by atoms with Gasteiger partial charge >= 0.3 is 64.3 Å². The molecule has 3 nitrogen and oxygen atoms in total. The van der Waals surface area contributed by atoms with E-state index in [2.05, 4.69) is 4.74 Å². The van der Waals surface area contributed by atoms with Gasteiger partial charge in [0.15, 0.2) is 6.10 Å². The van der Waals surface area contributed by atoms with Gasteiger partial charge in [-0.2, -0.15) is 0 Å². The van der Waals surface area contributed by atoms with Gasteiger partial charge in [0.25, 0.3) is 0 Å². The second-order valence-electron chi connectivity index (χ2n) is 4.06. The number of hydrogen-bond acceptors (Lipinski definition) is 3. The molecule has 1 aromatic carbocycles. The van der Waals surface area contributed by atoms with Gasteiger partial charge in [-0.3, -0.25) is 0 Å². The third-order valence-corrected chi connectivity index (χ3v) is 2.90. The Balaban J connectivity index is 0.00000180. The standard InChI is InChI=1S/C11H11BF3O3.K/c1-17-11(16)10-9-3-2-8(12(13,14)15)6-7(9)4-5-18-10;/h2-3,6,10H,4-5H2,1H3;/q-1;+1. The smallest absolute Gasteiger partial charge is 0.467 e. The maximum absolute atomic E-state index is 12.6. The van der Waals surface area contributed by atoms with Crippen LogP contribution in [0.25, 0.3) is 0 Å². The number of esters is 1. The van der Waals surface area contributed by atoms with E-state index in [0.29, 0.717) is 17.5 Å². The van der Waals surface area contributed by atoms with E-state index in [1.165, 1.54) is 13.2 Å². The van der Waals surface area contributed by atoms with Crippen molar-refractivity contribution in [2.45, 2.75) is 12.5 Å². The van der Waals surface area contributed by atoms with E-state index in [4.69, 9.17) is 4.74 Å². The van der Waals surface area contributed by atoms with E-state index in [1.54, 1.807) is 0 Å². The normalized spacial score (nSPS) is 18.2. The number of carbonyl (C=O) groups excluding carboxylic acids is 1. The largest absolute Gasteiger partial charge is 1.00 e. The second-order valence-corrected chi connectivity index (χ2v) is 4.06. The molecule has 0 N–H and O–H groups in total. The molecule has 1 aromatic rings. The minimum Gasteiger partial charge on any atom is -0.467 e. The molecular formula is C11H11BF3KO3. The molecule has 0 aromatic heterocycles. The number of fused-ring (bicyclic) bond motifs is 1. The summed E-state index contributed by atoms with van der Waals surface area (Å²) in [5.74, 6) is -0.596. The molecule has 1 unspecified atom stereocenters. The van der Waals surface area contributed by atoms with Crippen LogP contribution in [0.5, 0.6) is 0 Å². The SMILES string of the molecule is COC(=O)C1OCCc2cc([B-](F)(F)F)ccc21.[K+]. The van der Waals surface area contributed by atoms with Crippen LogP contribution in [0.1, 0.15) is 17.2 Å². The molecular weight excluding hydrogens is 287 g/mol. The van der Waals surface area contributed by atoms with Crippen LogP contribution < -0.4 is 56.8 Å². The Morgan fingerprint density at radius 1 is 1.42 bits per heavy atom. The molecule has 0 fully saturated rings. The Bertz CT molecular complexity index is 479. The zero-order valence-corrected chi connectivity index (χ0v) is 13.8. The van der Waals surface area contributed by atoms with E-state index >= 15 is 0 Å². The zero-order chi connectivity index (χ0) is 13.3. The maximum Gasteiger partial charge on any atom is 1.00 e. The van der Waals surface area contributed by atoms with E-state index in [9.17, 15) is 17.7 Å². The third kappa shape index (κ3) is 3.83. The van der Waals surface area contributed by atoms with Crippen molar-refractivity contribution in [1.82, 2.24) is 0 Å². The summed E-state index contributed by atoms with van der Waals surface area (Å²) in [6, 6.07) is 3.36. The summed E-state index contributed by atoms with van der Waals surface area (Å²) in [6.07, 6.45) is -0.559. The average molecular weight is 298 g/mol. The molecule has 0 saturated carbocycles. The predicted molar refractivity (Wildman–Crippen MR) is 59.6 cm³/mol. The molecule has 1 aliphatic rings. The molecule has 1 aliphatic heterocycles. The summed E-state index contributed by atoms with van der Waals surface area (Å²) in [6.45, 7) is -4.81. The number of ether oxygens (including phenoxy) is 2. The quantitative estimate of drug-likeness (QED) is 0.494. The Hall–Kier alpha value is 0.141. The fourth-order valence-electron chi connectivity index (χ4n) is 1.98. The first-order chi connectivity index (χ1) is 8.43. The Labute approximate surface area is 151 Å². The molecule has 0 saturated heterocycles. The van der Waals surface area contributed by atoms with Gasteiger partial charge in [-0.25, -0.2) is 4.79 Å². The van der Waals surface area contributed by atoms with Gasteiger partial charge in [0.05, 0.1) is 13.7 Å². The fraction of sp³-hybridized carbons (Fsp3) is 0.364. The van der Waals surface area contributed by atoms with E-state index in [-0.39, 0.29) is 58.0 Å². The molecule has 0 radical (unpaired) electrons. The number of methoxy groups -OCH3 is 1. The first-order valence-electron chi connectivity index (χ1n) is 5.45. The first kappa shape index (κ1) is 17.2. The molecule has 2 rings (SSSR count). The molecule has 19 heavy (non-hydrogen) atoms. The van der Waals surface area contributed by atoms with Crippen LogP contribution >= 0.6 is 0 Å². The maximum atomic E-state index is 12.6. The van der Waals surface area contributed by atoms with Gasteiger partial charge < -0.3 is 22.4 Å². The van der Waals surface area contributed by atoms with E-state index in [0.717, 1.165) is 12.1 Å². The van der Waals surface area contributed by atoms with Gasteiger partial charge in [-0.05, 0) is 17.5 Å². The zero-order valence-electron chi connectivity index (χ0n) is 10.7. The molecule has 0 spiro atoms. The van der Waals surface area contributed by atoms with Gasteiger partial charge in [0, 0.05) is 0 Å². The molecule has 0 aliphatic carbocycles. The van der Waals surface area contributed by atoms with Crippen molar-refractivity contribution in [2.24, 2.45) is 0 Å². The van der Waals surface area contributed by atoms with Crippen LogP contribution in [-0.2, 0) is 20.7 Å². The molecule has 0 bridgehead atoms. The number of carbonyl (C=O) groups is 1. The summed E-state index contributed by atoms with van der Waals surface area (Å²) >= 11 is 0. The number of benzene rings is 1. The van der Waals surface area contributed by atoms with Crippen molar-refractivity contribution < 1.29 is 78.6 Å². The molecule has 1 heterocycles. The van der Waals surface area contributed by atoms with Crippen LogP contribution in [0, 0.1) is 0 Å². The number of rotatable bonds is 2. The van der Waals surface area contributed by atoms with Crippen molar-refractivity contribution in [3.63, 3.8) is 0 Å². The first-order valence-corrected chi connectivity index (χ1v) is 5.45. The monoisotopic (exact) mass is 298 g/mol. The van der Waals surface area contributed by atoms with Crippen LogP contribution in [0.2, 0.25) is 0 Å². The molecule has 1 atom stereocenters. The van der Waals surface area contributed by atoms with E-state index < -0.39 is 24.5 Å². The van der Waals surface area contributed by atoms with Gasteiger partial charge in [-0.1, -0.05) is 18.2 Å². The van der Waals surface area contributed by atoms with Crippen LogP contribution in [0.4, 0.5) is 12.9 Å². The number of hydrogen-bond donors (Lipinski definition) is 0.